The second-order valence-electron chi connectivity index (χ2n) is 5.02. The molecular weight excluding hydrogens is 228 g/mol. The molecule has 1 unspecified atom stereocenters. The van der Waals surface area contributed by atoms with Crippen LogP contribution in [0, 0.1) is 13.8 Å². The van der Waals surface area contributed by atoms with E-state index in [1.807, 2.05) is 30.9 Å². The summed E-state index contributed by atoms with van der Waals surface area (Å²) >= 11 is 0. The van der Waals surface area contributed by atoms with E-state index in [0.717, 1.165) is 23.2 Å². The Morgan fingerprint density at radius 1 is 1.33 bits per heavy atom. The first-order valence-electron chi connectivity index (χ1n) is 6.30. The van der Waals surface area contributed by atoms with Crippen LogP contribution in [0.4, 0.5) is 0 Å². The predicted octanol–water partition coefficient (Wildman–Crippen LogP) is 0.769. The number of nitrogens with one attached hydrogen (secondary N) is 1. The molecule has 1 aromatic rings. The Kier molecular flexibility index (Phi) is 3.99. The Labute approximate surface area is 108 Å². The maximum Gasteiger partial charge on any atom is 0.234 e. The number of benzene rings is 1. The first-order valence-corrected chi connectivity index (χ1v) is 6.30. The van der Waals surface area contributed by atoms with Gasteiger partial charge < -0.3 is 10.4 Å². The van der Waals surface area contributed by atoms with Gasteiger partial charge in [-0.25, -0.2) is 0 Å². The molecule has 98 valence electrons. The van der Waals surface area contributed by atoms with Gasteiger partial charge in [-0.2, -0.15) is 0 Å². The number of aliphatic hydroxyl groups is 1. The molecule has 0 aliphatic carbocycles. The number of carbonyl (C=O) groups is 1. The van der Waals surface area contributed by atoms with Crippen molar-refractivity contribution in [3.8, 4) is 0 Å². The van der Waals surface area contributed by atoms with Crippen molar-refractivity contribution >= 4 is 5.91 Å². The molecule has 4 nitrogen and oxygen atoms in total. The standard InChI is InChI=1S/C14H20N2O2/c1-10-5-11(2)7-12(6-10)13(17)8-16-4-3-15-14(18)9-16/h5-7,13,17H,3-4,8-9H2,1-2H3,(H,15,18). The van der Waals surface area contributed by atoms with E-state index in [1.54, 1.807) is 0 Å². The van der Waals surface area contributed by atoms with Crippen LogP contribution in [0.5, 0.6) is 0 Å². The molecule has 0 aromatic heterocycles. The van der Waals surface area contributed by atoms with E-state index in [4.69, 9.17) is 0 Å². The number of amides is 1. The topological polar surface area (TPSA) is 52.6 Å². The van der Waals surface area contributed by atoms with Crippen LogP contribution in [-0.4, -0.2) is 42.1 Å². The van der Waals surface area contributed by atoms with Crippen molar-refractivity contribution < 1.29 is 9.90 Å². The second kappa shape index (κ2) is 5.50. The molecule has 0 radical (unpaired) electrons. The van der Waals surface area contributed by atoms with Gasteiger partial charge in [0.15, 0.2) is 0 Å². The number of hydrogen-bond donors (Lipinski definition) is 2. The maximum absolute atomic E-state index is 11.3. The summed E-state index contributed by atoms with van der Waals surface area (Å²) in [6.45, 7) is 6.40. The van der Waals surface area contributed by atoms with Gasteiger partial charge >= 0.3 is 0 Å². The molecule has 1 amide bonds. The number of hydrogen-bond acceptors (Lipinski definition) is 3. The lowest BCUT2D eigenvalue weighted by Gasteiger charge is -2.28. The molecule has 2 N–H and O–H groups in total. The average Bonchev–Trinajstić information content (AvgIpc) is 2.27. The van der Waals surface area contributed by atoms with Crippen molar-refractivity contribution in [1.29, 1.82) is 0 Å². The molecule has 0 saturated carbocycles. The number of piperazine rings is 1. The Hall–Kier alpha value is -1.39. The number of carbonyl (C=O) groups excluding carboxylic acids is 1. The zero-order valence-corrected chi connectivity index (χ0v) is 10.9. The van der Waals surface area contributed by atoms with E-state index >= 15 is 0 Å². The largest absolute Gasteiger partial charge is 0.387 e. The van der Waals surface area contributed by atoms with Gasteiger partial charge in [0.25, 0.3) is 0 Å². The minimum Gasteiger partial charge on any atom is -0.387 e. The minimum atomic E-state index is -0.533. The third kappa shape index (κ3) is 3.31. The number of nitrogens with zero attached hydrogens (tertiary/aromatic N) is 1. The molecule has 1 heterocycles. The van der Waals surface area contributed by atoms with Gasteiger partial charge in [-0.15, -0.1) is 0 Å². The highest BCUT2D eigenvalue weighted by Gasteiger charge is 2.19. The smallest absolute Gasteiger partial charge is 0.234 e. The van der Waals surface area contributed by atoms with Crippen molar-refractivity contribution in [3.05, 3.63) is 34.9 Å². The summed E-state index contributed by atoms with van der Waals surface area (Å²) in [6.07, 6.45) is -0.533. The summed E-state index contributed by atoms with van der Waals surface area (Å²) in [6, 6.07) is 6.09. The highest BCUT2D eigenvalue weighted by Crippen LogP contribution is 2.18. The Morgan fingerprint density at radius 2 is 2.00 bits per heavy atom. The lowest BCUT2D eigenvalue weighted by atomic mass is 10.0. The van der Waals surface area contributed by atoms with Crippen molar-refractivity contribution in [1.82, 2.24) is 10.2 Å². The van der Waals surface area contributed by atoms with E-state index in [-0.39, 0.29) is 5.91 Å². The van der Waals surface area contributed by atoms with Gasteiger partial charge in [0.2, 0.25) is 5.91 Å². The summed E-state index contributed by atoms with van der Waals surface area (Å²) in [5, 5.41) is 13.0. The molecule has 0 spiro atoms. The fourth-order valence-electron chi connectivity index (χ4n) is 2.40. The molecule has 0 bridgehead atoms. The third-order valence-corrected chi connectivity index (χ3v) is 3.18. The average molecular weight is 248 g/mol. The number of β-amino-alcohol motifs (C(OH)–C–C–N with tert-alkyl or cyclic N) is 1. The van der Waals surface area contributed by atoms with Gasteiger partial charge in [0.05, 0.1) is 12.6 Å². The molecule has 1 aliphatic heterocycles. The molecule has 4 heteroatoms. The summed E-state index contributed by atoms with van der Waals surface area (Å²) in [4.78, 5) is 13.3. The Balaban J connectivity index is 2.02. The van der Waals surface area contributed by atoms with Crippen LogP contribution in [0.3, 0.4) is 0 Å². The van der Waals surface area contributed by atoms with E-state index in [9.17, 15) is 9.90 Å². The number of rotatable bonds is 3. The molecule has 1 saturated heterocycles. The fraction of sp³-hybridized carbons (Fsp3) is 0.500. The highest BCUT2D eigenvalue weighted by atomic mass is 16.3. The molecule has 1 fully saturated rings. The normalized spacial score (nSPS) is 18.5. The zero-order valence-electron chi connectivity index (χ0n) is 10.9. The van der Waals surface area contributed by atoms with Crippen molar-refractivity contribution in [2.75, 3.05) is 26.2 Å². The minimum absolute atomic E-state index is 0.0360. The lowest BCUT2D eigenvalue weighted by Crippen LogP contribution is -2.48. The van der Waals surface area contributed by atoms with E-state index in [1.165, 1.54) is 0 Å². The summed E-state index contributed by atoms with van der Waals surface area (Å²) in [5.41, 5.74) is 3.24. The third-order valence-electron chi connectivity index (χ3n) is 3.18. The van der Waals surface area contributed by atoms with E-state index < -0.39 is 6.10 Å². The zero-order chi connectivity index (χ0) is 13.1. The fourth-order valence-corrected chi connectivity index (χ4v) is 2.40. The van der Waals surface area contributed by atoms with Gasteiger partial charge in [-0.05, 0) is 19.4 Å². The first-order chi connectivity index (χ1) is 8.54. The molecule has 1 atom stereocenters. The molecular formula is C14H20N2O2. The van der Waals surface area contributed by atoms with Crippen LogP contribution in [-0.2, 0) is 4.79 Å². The number of aliphatic hydroxyl groups excluding tert-OH is 1. The van der Waals surface area contributed by atoms with E-state index in [2.05, 4.69) is 11.4 Å². The second-order valence-corrected chi connectivity index (χ2v) is 5.02. The lowest BCUT2D eigenvalue weighted by molar-refractivity contribution is -0.124. The quantitative estimate of drug-likeness (QED) is 0.830. The first kappa shape index (κ1) is 13.1. The van der Waals surface area contributed by atoms with Gasteiger partial charge in [-0.1, -0.05) is 29.3 Å². The Bertz CT molecular complexity index is 425. The highest BCUT2D eigenvalue weighted by molar-refractivity contribution is 5.78. The number of aryl methyl sites for hydroxylation is 2. The van der Waals surface area contributed by atoms with Crippen molar-refractivity contribution in [2.45, 2.75) is 20.0 Å². The van der Waals surface area contributed by atoms with Gasteiger partial charge in [0.1, 0.15) is 0 Å². The monoisotopic (exact) mass is 248 g/mol. The van der Waals surface area contributed by atoms with Crippen LogP contribution < -0.4 is 5.32 Å². The Morgan fingerprint density at radius 3 is 2.61 bits per heavy atom. The predicted molar refractivity (Wildman–Crippen MR) is 70.3 cm³/mol. The van der Waals surface area contributed by atoms with Crippen LogP contribution >= 0.6 is 0 Å². The molecule has 1 aromatic carbocycles. The van der Waals surface area contributed by atoms with Crippen LogP contribution in [0.15, 0.2) is 18.2 Å². The van der Waals surface area contributed by atoms with Gasteiger partial charge in [0, 0.05) is 19.6 Å². The van der Waals surface area contributed by atoms with Crippen LogP contribution in [0.25, 0.3) is 0 Å². The van der Waals surface area contributed by atoms with Crippen LogP contribution in [0.2, 0.25) is 0 Å². The van der Waals surface area contributed by atoms with Gasteiger partial charge in [-0.3, -0.25) is 9.69 Å². The van der Waals surface area contributed by atoms with E-state index in [0.29, 0.717) is 19.6 Å². The van der Waals surface area contributed by atoms with Crippen molar-refractivity contribution in [2.24, 2.45) is 0 Å². The maximum atomic E-state index is 11.3. The van der Waals surface area contributed by atoms with Crippen LogP contribution in [0.1, 0.15) is 22.8 Å². The van der Waals surface area contributed by atoms with Crippen molar-refractivity contribution in [3.63, 3.8) is 0 Å². The SMILES string of the molecule is Cc1cc(C)cc(C(O)CN2CCNC(=O)C2)c1. The molecule has 1 aliphatic rings. The summed E-state index contributed by atoms with van der Waals surface area (Å²) in [5.74, 6) is 0.0360. The summed E-state index contributed by atoms with van der Waals surface area (Å²) in [7, 11) is 0. The summed E-state index contributed by atoms with van der Waals surface area (Å²) < 4.78 is 0. The molecule has 18 heavy (non-hydrogen) atoms. The molecule has 2 rings (SSSR count).